The molecule has 1 heterocycles. The highest BCUT2D eigenvalue weighted by atomic mass is 16.1. The predicted molar refractivity (Wildman–Crippen MR) is 61.7 cm³/mol. The normalized spacial score (nSPS) is 35.7. The zero-order valence-corrected chi connectivity index (χ0v) is 10.4. The molecule has 15 heavy (non-hydrogen) atoms. The van der Waals surface area contributed by atoms with Gasteiger partial charge in [-0.15, -0.1) is 0 Å². The van der Waals surface area contributed by atoms with E-state index in [1.807, 2.05) is 13.8 Å². The summed E-state index contributed by atoms with van der Waals surface area (Å²) in [5, 5.41) is 0. The molecule has 0 N–H and O–H groups in total. The van der Waals surface area contributed by atoms with E-state index in [1.54, 1.807) is 0 Å². The van der Waals surface area contributed by atoms with E-state index >= 15 is 0 Å². The van der Waals surface area contributed by atoms with Gasteiger partial charge in [-0.1, -0.05) is 13.8 Å². The van der Waals surface area contributed by atoms with E-state index < -0.39 is 0 Å². The lowest BCUT2D eigenvalue weighted by Crippen LogP contribution is -2.45. The van der Waals surface area contributed by atoms with Crippen molar-refractivity contribution in [2.45, 2.75) is 52.6 Å². The standard InChI is InChI=1S/C13H23NO/c1-8(2)13(15)12-11-6-5-10(11)7-14(12)9(3)4/h8-12H,5-7H2,1-4H3. The van der Waals surface area contributed by atoms with Crippen LogP contribution in [0.1, 0.15) is 40.5 Å². The number of fused-ring (bicyclic) bond motifs is 1. The van der Waals surface area contributed by atoms with Crippen LogP contribution in [0.2, 0.25) is 0 Å². The Labute approximate surface area is 93.0 Å². The molecular formula is C13H23NO. The molecule has 1 aliphatic heterocycles. The first-order valence-electron chi connectivity index (χ1n) is 6.31. The van der Waals surface area contributed by atoms with Gasteiger partial charge in [0.2, 0.25) is 0 Å². The van der Waals surface area contributed by atoms with Crippen molar-refractivity contribution in [3.63, 3.8) is 0 Å². The Kier molecular flexibility index (Phi) is 2.89. The minimum atomic E-state index is 0.190. The van der Waals surface area contributed by atoms with Crippen molar-refractivity contribution in [3.05, 3.63) is 0 Å². The number of hydrogen-bond acceptors (Lipinski definition) is 2. The second kappa shape index (κ2) is 3.89. The Morgan fingerprint density at radius 1 is 1.20 bits per heavy atom. The smallest absolute Gasteiger partial charge is 0.152 e. The molecule has 3 atom stereocenters. The molecule has 3 unspecified atom stereocenters. The highest BCUT2D eigenvalue weighted by Gasteiger charge is 2.50. The first-order valence-corrected chi connectivity index (χ1v) is 6.31. The minimum absolute atomic E-state index is 0.190. The van der Waals surface area contributed by atoms with E-state index in [2.05, 4.69) is 18.7 Å². The molecule has 1 aliphatic carbocycles. The number of Topliss-reactive ketones (excluding diaryl/α,β-unsaturated/α-hetero) is 1. The fourth-order valence-electron chi connectivity index (χ4n) is 3.12. The van der Waals surface area contributed by atoms with Gasteiger partial charge in [0.05, 0.1) is 6.04 Å². The second-order valence-corrected chi connectivity index (χ2v) is 5.79. The summed E-state index contributed by atoms with van der Waals surface area (Å²) in [6.07, 6.45) is 2.62. The number of hydrogen-bond donors (Lipinski definition) is 0. The van der Waals surface area contributed by atoms with Gasteiger partial charge in [0.25, 0.3) is 0 Å². The lowest BCUT2D eigenvalue weighted by Gasteiger charge is -2.34. The molecule has 2 rings (SSSR count). The molecule has 0 spiro atoms. The molecule has 1 saturated heterocycles. The third-order valence-corrected chi connectivity index (χ3v) is 4.21. The van der Waals surface area contributed by atoms with Crippen LogP contribution in [0.4, 0.5) is 0 Å². The minimum Gasteiger partial charge on any atom is -0.298 e. The average molecular weight is 209 g/mol. The van der Waals surface area contributed by atoms with E-state index in [0.717, 1.165) is 12.5 Å². The van der Waals surface area contributed by atoms with Crippen molar-refractivity contribution in [1.29, 1.82) is 0 Å². The summed E-state index contributed by atoms with van der Waals surface area (Å²) in [4.78, 5) is 14.6. The second-order valence-electron chi connectivity index (χ2n) is 5.79. The number of carbonyl (C=O) groups is 1. The quantitative estimate of drug-likeness (QED) is 0.711. The van der Waals surface area contributed by atoms with Gasteiger partial charge in [0, 0.05) is 18.5 Å². The van der Waals surface area contributed by atoms with Crippen LogP contribution in [0.5, 0.6) is 0 Å². The molecule has 0 aromatic rings. The Bertz CT molecular complexity index is 259. The molecule has 2 nitrogen and oxygen atoms in total. The molecule has 2 heteroatoms. The fraction of sp³-hybridized carbons (Fsp3) is 0.923. The molecule has 0 radical (unpaired) electrons. The third kappa shape index (κ3) is 1.73. The lowest BCUT2D eigenvalue weighted by molar-refractivity contribution is -0.128. The summed E-state index contributed by atoms with van der Waals surface area (Å²) < 4.78 is 0. The highest BCUT2D eigenvalue weighted by Crippen LogP contribution is 2.46. The SMILES string of the molecule is CC(C)C(=O)C1C2CCC2CN1C(C)C. The van der Waals surface area contributed by atoms with Crippen LogP contribution in [0.25, 0.3) is 0 Å². The van der Waals surface area contributed by atoms with Crippen molar-refractivity contribution in [2.75, 3.05) is 6.54 Å². The first kappa shape index (κ1) is 11.1. The summed E-state index contributed by atoms with van der Waals surface area (Å²) in [5.41, 5.74) is 0. The Morgan fingerprint density at radius 3 is 2.27 bits per heavy atom. The Balaban J connectivity index is 2.15. The molecule has 0 aromatic heterocycles. The van der Waals surface area contributed by atoms with Crippen LogP contribution in [0, 0.1) is 17.8 Å². The van der Waals surface area contributed by atoms with E-state index in [4.69, 9.17) is 0 Å². The molecule has 86 valence electrons. The van der Waals surface area contributed by atoms with Crippen LogP contribution in [-0.4, -0.2) is 29.3 Å². The van der Waals surface area contributed by atoms with Gasteiger partial charge >= 0.3 is 0 Å². The molecular weight excluding hydrogens is 186 g/mol. The molecule has 0 bridgehead atoms. The molecule has 2 fully saturated rings. The van der Waals surface area contributed by atoms with Crippen molar-refractivity contribution >= 4 is 5.78 Å². The number of rotatable bonds is 3. The summed E-state index contributed by atoms with van der Waals surface area (Å²) in [7, 11) is 0. The van der Waals surface area contributed by atoms with Crippen LogP contribution < -0.4 is 0 Å². The summed E-state index contributed by atoms with van der Waals surface area (Å²) >= 11 is 0. The summed E-state index contributed by atoms with van der Waals surface area (Å²) in [5.74, 6) is 2.16. The zero-order valence-electron chi connectivity index (χ0n) is 10.4. The van der Waals surface area contributed by atoms with Gasteiger partial charge in [0.15, 0.2) is 5.78 Å². The van der Waals surface area contributed by atoms with Gasteiger partial charge in [-0.25, -0.2) is 0 Å². The number of carbonyl (C=O) groups excluding carboxylic acids is 1. The average Bonchev–Trinajstić information content (AvgIpc) is 2.36. The van der Waals surface area contributed by atoms with Crippen LogP contribution in [0.3, 0.4) is 0 Å². The van der Waals surface area contributed by atoms with Crippen molar-refractivity contribution in [1.82, 2.24) is 4.90 Å². The van der Waals surface area contributed by atoms with Gasteiger partial charge in [-0.05, 0) is 38.5 Å². The largest absolute Gasteiger partial charge is 0.298 e. The van der Waals surface area contributed by atoms with Gasteiger partial charge in [0.1, 0.15) is 0 Å². The van der Waals surface area contributed by atoms with Crippen molar-refractivity contribution in [2.24, 2.45) is 17.8 Å². The maximum Gasteiger partial charge on any atom is 0.152 e. The van der Waals surface area contributed by atoms with E-state index in [-0.39, 0.29) is 12.0 Å². The zero-order chi connectivity index (χ0) is 11.2. The van der Waals surface area contributed by atoms with Crippen LogP contribution in [0.15, 0.2) is 0 Å². The molecule has 2 aliphatic rings. The molecule has 0 aromatic carbocycles. The van der Waals surface area contributed by atoms with Gasteiger partial charge in [-0.3, -0.25) is 9.69 Å². The van der Waals surface area contributed by atoms with Gasteiger partial charge in [-0.2, -0.15) is 0 Å². The maximum atomic E-state index is 12.2. The Hall–Kier alpha value is -0.370. The van der Waals surface area contributed by atoms with Crippen molar-refractivity contribution < 1.29 is 4.79 Å². The lowest BCUT2D eigenvalue weighted by atomic mass is 9.71. The highest BCUT2D eigenvalue weighted by molar-refractivity contribution is 5.86. The number of nitrogens with zero attached hydrogens (tertiary/aromatic N) is 1. The number of ketones is 1. The maximum absolute atomic E-state index is 12.2. The van der Waals surface area contributed by atoms with Gasteiger partial charge < -0.3 is 0 Å². The molecule has 1 saturated carbocycles. The topological polar surface area (TPSA) is 20.3 Å². The third-order valence-electron chi connectivity index (χ3n) is 4.21. The summed E-state index contributed by atoms with van der Waals surface area (Å²) in [6.45, 7) is 9.65. The number of likely N-dealkylation sites (tertiary alicyclic amines) is 1. The van der Waals surface area contributed by atoms with E-state index in [9.17, 15) is 4.79 Å². The van der Waals surface area contributed by atoms with Crippen molar-refractivity contribution in [3.8, 4) is 0 Å². The first-order chi connectivity index (χ1) is 7.02. The predicted octanol–water partition coefficient (Wildman–Crippen LogP) is 2.33. The van der Waals surface area contributed by atoms with E-state index in [1.165, 1.54) is 12.8 Å². The van der Waals surface area contributed by atoms with E-state index in [0.29, 0.717) is 17.7 Å². The van der Waals surface area contributed by atoms with Crippen LogP contribution >= 0.6 is 0 Å². The Morgan fingerprint density at radius 2 is 1.87 bits per heavy atom. The summed E-state index contributed by atoms with van der Waals surface area (Å²) in [6, 6.07) is 0.757. The molecule has 0 amide bonds. The fourth-order valence-corrected chi connectivity index (χ4v) is 3.12. The van der Waals surface area contributed by atoms with Crippen LogP contribution in [-0.2, 0) is 4.79 Å². The monoisotopic (exact) mass is 209 g/mol.